The maximum Gasteiger partial charge on any atom is 0.251 e. The normalized spacial score (nSPS) is 16.8. The Bertz CT molecular complexity index is 565. The molecule has 0 aliphatic carbocycles. The summed E-state index contributed by atoms with van der Waals surface area (Å²) in [6.07, 6.45) is 3.72. The Morgan fingerprint density at radius 3 is 2.15 bits per heavy atom. The van der Waals surface area contributed by atoms with Gasteiger partial charge in [-0.25, -0.2) is 0 Å². The van der Waals surface area contributed by atoms with Crippen LogP contribution in [0.2, 0.25) is 0 Å². The topological polar surface area (TPSA) is 32.3 Å². The summed E-state index contributed by atoms with van der Waals surface area (Å²) >= 11 is 0. The van der Waals surface area contributed by atoms with Crippen LogP contribution < -0.4 is 10.2 Å². The van der Waals surface area contributed by atoms with Gasteiger partial charge in [0.15, 0.2) is 0 Å². The third-order valence-corrected chi connectivity index (χ3v) is 3.64. The SMILES string of the molecule is CCC1=C(CC)/C(=C/c2ccc(N(C)C)cc2)NC1=O. The monoisotopic (exact) mass is 270 g/mol. The van der Waals surface area contributed by atoms with E-state index in [0.717, 1.165) is 35.2 Å². The van der Waals surface area contributed by atoms with Crippen molar-refractivity contribution in [3.8, 4) is 0 Å². The minimum Gasteiger partial charge on any atom is -0.378 e. The predicted octanol–water partition coefficient (Wildman–Crippen LogP) is 3.34. The van der Waals surface area contributed by atoms with Crippen LogP contribution >= 0.6 is 0 Å². The van der Waals surface area contributed by atoms with Crippen molar-refractivity contribution < 1.29 is 4.79 Å². The largest absolute Gasteiger partial charge is 0.378 e. The van der Waals surface area contributed by atoms with Crippen molar-refractivity contribution >= 4 is 17.7 Å². The number of hydrogen-bond acceptors (Lipinski definition) is 2. The highest BCUT2D eigenvalue weighted by molar-refractivity contribution is 6.01. The molecule has 0 bridgehead atoms. The molecule has 0 saturated heterocycles. The van der Waals surface area contributed by atoms with Crippen molar-refractivity contribution in [2.24, 2.45) is 0 Å². The maximum absolute atomic E-state index is 11.9. The van der Waals surface area contributed by atoms with Gasteiger partial charge in [0, 0.05) is 31.1 Å². The molecule has 2 rings (SSSR count). The van der Waals surface area contributed by atoms with E-state index in [1.807, 2.05) is 21.0 Å². The van der Waals surface area contributed by atoms with Crippen LogP contribution in [0.25, 0.3) is 6.08 Å². The highest BCUT2D eigenvalue weighted by Gasteiger charge is 2.23. The van der Waals surface area contributed by atoms with Crippen LogP contribution in [0, 0.1) is 0 Å². The van der Waals surface area contributed by atoms with Gasteiger partial charge in [0.2, 0.25) is 0 Å². The molecule has 1 aliphatic rings. The third kappa shape index (κ3) is 2.77. The lowest BCUT2D eigenvalue weighted by atomic mass is 10.0. The molecule has 0 spiro atoms. The fourth-order valence-electron chi connectivity index (χ4n) is 2.51. The summed E-state index contributed by atoms with van der Waals surface area (Å²) in [6.45, 7) is 4.12. The minimum absolute atomic E-state index is 0.0560. The van der Waals surface area contributed by atoms with Gasteiger partial charge >= 0.3 is 0 Å². The molecule has 0 saturated carbocycles. The first-order valence-electron chi connectivity index (χ1n) is 7.09. The molecule has 1 N–H and O–H groups in total. The maximum atomic E-state index is 11.9. The summed E-state index contributed by atoms with van der Waals surface area (Å²) in [6, 6.07) is 8.32. The van der Waals surface area contributed by atoms with E-state index in [-0.39, 0.29) is 5.91 Å². The third-order valence-electron chi connectivity index (χ3n) is 3.64. The van der Waals surface area contributed by atoms with Crippen molar-refractivity contribution in [1.29, 1.82) is 0 Å². The van der Waals surface area contributed by atoms with E-state index >= 15 is 0 Å². The highest BCUT2D eigenvalue weighted by atomic mass is 16.1. The van der Waals surface area contributed by atoms with Gasteiger partial charge in [-0.3, -0.25) is 4.79 Å². The minimum atomic E-state index is 0.0560. The Morgan fingerprint density at radius 1 is 1.05 bits per heavy atom. The zero-order valence-electron chi connectivity index (χ0n) is 12.7. The van der Waals surface area contributed by atoms with Crippen molar-refractivity contribution in [3.05, 3.63) is 46.7 Å². The zero-order valence-corrected chi connectivity index (χ0v) is 12.7. The number of nitrogens with zero attached hydrogens (tertiary/aromatic N) is 1. The molecule has 1 aliphatic heterocycles. The Labute approximate surface area is 121 Å². The molecular formula is C17H22N2O. The van der Waals surface area contributed by atoms with E-state index in [9.17, 15) is 4.79 Å². The Morgan fingerprint density at radius 2 is 1.65 bits per heavy atom. The molecule has 1 aromatic rings. The van der Waals surface area contributed by atoms with Crippen molar-refractivity contribution in [3.63, 3.8) is 0 Å². The van der Waals surface area contributed by atoms with E-state index in [2.05, 4.69) is 47.5 Å². The van der Waals surface area contributed by atoms with Crippen molar-refractivity contribution in [1.82, 2.24) is 5.32 Å². The van der Waals surface area contributed by atoms with Gasteiger partial charge in [0.25, 0.3) is 5.91 Å². The number of carbonyl (C=O) groups is 1. The van der Waals surface area contributed by atoms with E-state index in [0.29, 0.717) is 0 Å². The molecule has 0 aromatic heterocycles. The molecule has 3 nitrogen and oxygen atoms in total. The highest BCUT2D eigenvalue weighted by Crippen LogP contribution is 2.27. The number of carbonyl (C=O) groups excluding carboxylic acids is 1. The van der Waals surface area contributed by atoms with Gasteiger partial charge in [-0.15, -0.1) is 0 Å². The average Bonchev–Trinajstić information content (AvgIpc) is 2.74. The summed E-state index contributed by atoms with van der Waals surface area (Å²) in [7, 11) is 4.05. The van der Waals surface area contributed by atoms with Crippen molar-refractivity contribution in [2.45, 2.75) is 26.7 Å². The fourth-order valence-corrected chi connectivity index (χ4v) is 2.51. The van der Waals surface area contributed by atoms with Crippen LogP contribution in [0.5, 0.6) is 0 Å². The fraction of sp³-hybridized carbons (Fsp3) is 0.353. The number of nitrogens with one attached hydrogen (secondary N) is 1. The number of anilines is 1. The Kier molecular flexibility index (Phi) is 4.28. The molecule has 106 valence electrons. The van der Waals surface area contributed by atoms with Gasteiger partial charge in [0.1, 0.15) is 0 Å². The molecule has 1 amide bonds. The predicted molar refractivity (Wildman–Crippen MR) is 84.5 cm³/mol. The molecule has 3 heteroatoms. The lowest BCUT2D eigenvalue weighted by molar-refractivity contribution is -0.116. The first-order valence-corrected chi connectivity index (χ1v) is 7.09. The van der Waals surface area contributed by atoms with Crippen LogP contribution in [0.3, 0.4) is 0 Å². The van der Waals surface area contributed by atoms with Gasteiger partial charge in [-0.05, 0) is 42.2 Å². The molecule has 20 heavy (non-hydrogen) atoms. The Balaban J connectivity index is 2.31. The first kappa shape index (κ1) is 14.4. The summed E-state index contributed by atoms with van der Waals surface area (Å²) in [4.78, 5) is 14.0. The second-order valence-electron chi connectivity index (χ2n) is 5.16. The van der Waals surface area contributed by atoms with Gasteiger partial charge in [-0.2, -0.15) is 0 Å². The number of amides is 1. The zero-order chi connectivity index (χ0) is 14.7. The number of allylic oxidation sites excluding steroid dienone is 1. The molecular weight excluding hydrogens is 248 g/mol. The summed E-state index contributed by atoms with van der Waals surface area (Å²) in [5.74, 6) is 0.0560. The van der Waals surface area contributed by atoms with Crippen LogP contribution in [0.15, 0.2) is 41.1 Å². The lowest BCUT2D eigenvalue weighted by Gasteiger charge is -2.12. The number of rotatable bonds is 4. The van der Waals surface area contributed by atoms with E-state index in [4.69, 9.17) is 0 Å². The van der Waals surface area contributed by atoms with Crippen molar-refractivity contribution in [2.75, 3.05) is 19.0 Å². The smallest absolute Gasteiger partial charge is 0.251 e. The van der Waals surface area contributed by atoms with Crippen LogP contribution in [-0.2, 0) is 4.79 Å². The van der Waals surface area contributed by atoms with E-state index < -0.39 is 0 Å². The second kappa shape index (κ2) is 5.95. The van der Waals surface area contributed by atoms with Crippen LogP contribution in [0.4, 0.5) is 5.69 Å². The molecule has 0 radical (unpaired) electrons. The summed E-state index contributed by atoms with van der Waals surface area (Å²) in [5.41, 5.74) is 5.29. The quantitative estimate of drug-likeness (QED) is 0.910. The molecule has 0 atom stereocenters. The molecule has 1 aromatic carbocycles. The summed E-state index contributed by atoms with van der Waals surface area (Å²) in [5, 5.41) is 2.98. The van der Waals surface area contributed by atoms with Gasteiger partial charge in [0.05, 0.1) is 0 Å². The van der Waals surface area contributed by atoms with Crippen LogP contribution in [0.1, 0.15) is 32.3 Å². The number of hydrogen-bond donors (Lipinski definition) is 1. The average molecular weight is 270 g/mol. The van der Waals surface area contributed by atoms with E-state index in [1.165, 1.54) is 5.69 Å². The van der Waals surface area contributed by atoms with Gasteiger partial charge in [-0.1, -0.05) is 26.0 Å². The van der Waals surface area contributed by atoms with E-state index in [1.54, 1.807) is 0 Å². The molecule has 0 unspecified atom stereocenters. The Hall–Kier alpha value is -2.03. The van der Waals surface area contributed by atoms with Crippen LogP contribution in [-0.4, -0.2) is 20.0 Å². The standard InChI is InChI=1S/C17H22N2O/c1-5-14-15(6-2)17(20)18-16(14)11-12-7-9-13(10-8-12)19(3)4/h7-11H,5-6H2,1-4H3,(H,18,20)/b16-11-. The molecule has 1 heterocycles. The first-order chi connectivity index (χ1) is 9.56. The lowest BCUT2D eigenvalue weighted by Crippen LogP contribution is -2.16. The summed E-state index contributed by atoms with van der Waals surface area (Å²) < 4.78 is 0. The second-order valence-corrected chi connectivity index (χ2v) is 5.16. The number of benzene rings is 1. The van der Waals surface area contributed by atoms with Gasteiger partial charge < -0.3 is 10.2 Å². The molecule has 0 fully saturated rings.